The maximum atomic E-state index is 13.2. The van der Waals surface area contributed by atoms with E-state index in [0.29, 0.717) is 22.0 Å². The van der Waals surface area contributed by atoms with Gasteiger partial charge in [0.25, 0.3) is 5.91 Å². The number of aromatic nitrogens is 7. The van der Waals surface area contributed by atoms with Crippen LogP contribution in [-0.4, -0.2) is 57.4 Å². The summed E-state index contributed by atoms with van der Waals surface area (Å²) >= 11 is 5.93. The lowest BCUT2D eigenvalue weighted by Gasteiger charge is -2.15. The van der Waals surface area contributed by atoms with Gasteiger partial charge < -0.3 is 10.4 Å². The second-order valence-electron chi connectivity index (χ2n) is 9.21. The van der Waals surface area contributed by atoms with E-state index in [1.807, 2.05) is 6.92 Å². The number of para-hydroxylation sites is 1. The maximum Gasteiger partial charge on any atom is 0.416 e. The Morgan fingerprint density at radius 2 is 1.83 bits per heavy atom. The number of aliphatic hydroxyl groups is 1. The van der Waals surface area contributed by atoms with E-state index in [-0.39, 0.29) is 23.8 Å². The lowest BCUT2D eigenvalue weighted by atomic mass is 10.1. The Hall–Kier alpha value is -4.82. The predicted molar refractivity (Wildman–Crippen MR) is 146 cm³/mol. The van der Waals surface area contributed by atoms with Gasteiger partial charge in [0.15, 0.2) is 17.8 Å². The van der Waals surface area contributed by atoms with Gasteiger partial charge in [-0.25, -0.2) is 19.1 Å². The third-order valence-corrected chi connectivity index (χ3v) is 6.52. The molecular weight excluding hydrogens is 577 g/mol. The number of nitrogens with one attached hydrogen (secondary N) is 1. The molecule has 0 fully saturated rings. The van der Waals surface area contributed by atoms with Crippen molar-refractivity contribution in [2.45, 2.75) is 32.3 Å². The van der Waals surface area contributed by atoms with Crippen molar-refractivity contribution >= 4 is 23.2 Å². The molecule has 0 spiro atoms. The van der Waals surface area contributed by atoms with E-state index in [2.05, 4.69) is 25.5 Å². The first-order chi connectivity index (χ1) is 20.0. The molecule has 0 radical (unpaired) electrons. The van der Waals surface area contributed by atoms with Crippen LogP contribution in [0.15, 0.2) is 78.1 Å². The largest absolute Gasteiger partial charge is 0.416 e. The zero-order valence-electron chi connectivity index (χ0n) is 21.8. The second kappa shape index (κ2) is 11.6. The first-order valence-electron chi connectivity index (χ1n) is 12.4. The van der Waals surface area contributed by atoms with Crippen molar-refractivity contribution in [3.05, 3.63) is 106 Å². The fourth-order valence-electron chi connectivity index (χ4n) is 4.07. The van der Waals surface area contributed by atoms with E-state index in [1.54, 1.807) is 36.5 Å². The van der Waals surface area contributed by atoms with Gasteiger partial charge in [0.1, 0.15) is 12.9 Å². The average molecular weight is 599 g/mol. The zero-order valence-corrected chi connectivity index (χ0v) is 22.6. The van der Waals surface area contributed by atoms with Crippen LogP contribution in [0.5, 0.6) is 0 Å². The van der Waals surface area contributed by atoms with Crippen LogP contribution in [-0.2, 0) is 13.1 Å². The molecule has 1 amide bonds. The van der Waals surface area contributed by atoms with Crippen molar-refractivity contribution in [3.63, 3.8) is 0 Å². The highest BCUT2D eigenvalue weighted by Gasteiger charge is 2.39. The molecule has 5 aromatic rings. The molecule has 1 atom stereocenters. The van der Waals surface area contributed by atoms with Crippen molar-refractivity contribution in [3.8, 4) is 17.1 Å². The van der Waals surface area contributed by atoms with Gasteiger partial charge in [-0.3, -0.25) is 14.3 Å². The fourth-order valence-corrected chi connectivity index (χ4v) is 4.19. The first kappa shape index (κ1) is 28.7. The van der Waals surface area contributed by atoms with Crippen molar-refractivity contribution in [1.82, 2.24) is 34.1 Å². The fraction of sp³-hybridized carbons (Fsp3) is 0.185. The number of hydrogen-bond acceptors (Lipinski definition) is 7. The van der Waals surface area contributed by atoms with Gasteiger partial charge in [-0.1, -0.05) is 23.7 Å². The highest BCUT2D eigenvalue weighted by atomic mass is 35.5. The number of anilines is 1. The predicted octanol–water partition coefficient (Wildman–Crippen LogP) is 3.87. The monoisotopic (exact) mass is 598 g/mol. The number of alkyl halides is 3. The lowest BCUT2D eigenvalue weighted by molar-refractivity contribution is -0.207. The highest BCUT2D eigenvalue weighted by Crippen LogP contribution is 2.24. The molecule has 0 aliphatic rings. The quantitative estimate of drug-likeness (QED) is 0.277. The first-order valence-corrected chi connectivity index (χ1v) is 12.8. The summed E-state index contributed by atoms with van der Waals surface area (Å²) in [6.45, 7) is 0.462. The van der Waals surface area contributed by atoms with Crippen molar-refractivity contribution < 1.29 is 23.1 Å². The Morgan fingerprint density at radius 3 is 2.55 bits per heavy atom. The molecule has 3 aromatic heterocycles. The molecule has 0 saturated heterocycles. The number of pyridine rings is 1. The van der Waals surface area contributed by atoms with Gasteiger partial charge >= 0.3 is 11.9 Å². The van der Waals surface area contributed by atoms with Gasteiger partial charge in [0.05, 0.1) is 29.7 Å². The number of rotatable bonds is 8. The third-order valence-electron chi connectivity index (χ3n) is 6.27. The summed E-state index contributed by atoms with van der Waals surface area (Å²) in [5.41, 5.74) is 1.44. The molecule has 5 rings (SSSR count). The van der Waals surface area contributed by atoms with Gasteiger partial charge in [0.2, 0.25) is 0 Å². The van der Waals surface area contributed by atoms with Gasteiger partial charge in [-0.15, -0.1) is 10.2 Å². The topological polar surface area (TPSA) is 133 Å². The van der Waals surface area contributed by atoms with Crippen LogP contribution in [0.2, 0.25) is 5.02 Å². The molecule has 0 bridgehead atoms. The summed E-state index contributed by atoms with van der Waals surface area (Å²) in [6.07, 6.45) is -3.26. The summed E-state index contributed by atoms with van der Waals surface area (Å²) in [5, 5.41) is 21.4. The summed E-state index contributed by atoms with van der Waals surface area (Å²) in [6, 6.07) is 14.4. The van der Waals surface area contributed by atoms with Gasteiger partial charge in [-0.05, 0) is 55.0 Å². The number of halogens is 4. The minimum absolute atomic E-state index is 0.0964. The van der Waals surface area contributed by atoms with E-state index in [0.717, 1.165) is 14.8 Å². The molecule has 2 N–H and O–H groups in total. The highest BCUT2D eigenvalue weighted by molar-refractivity contribution is 6.30. The van der Waals surface area contributed by atoms with Crippen LogP contribution < -0.4 is 11.0 Å². The molecule has 42 heavy (non-hydrogen) atoms. The standard InChI is InChI=1S/C27H22ClF3N8O3/c1-16-10-11-32-12-20(16)34-25(41)19-4-2-3-5-21(19)39-15-33-23(35-39)14-38-26(42)37(13-22(40)27(29,30)31)24(36-38)17-6-8-18(28)9-7-17/h2-12,15,22,40H,13-14H2,1H3,(H,34,41)/t22-/m0/s1. The number of carbonyl (C=O) groups excluding carboxylic acids is 1. The number of hydrogen-bond donors (Lipinski definition) is 2. The second-order valence-corrected chi connectivity index (χ2v) is 9.64. The maximum absolute atomic E-state index is 13.2. The van der Waals surface area contributed by atoms with E-state index in [9.17, 15) is 27.9 Å². The van der Waals surface area contributed by atoms with Gasteiger partial charge in [-0.2, -0.15) is 13.2 Å². The van der Waals surface area contributed by atoms with E-state index in [1.165, 1.54) is 41.5 Å². The summed E-state index contributed by atoms with van der Waals surface area (Å²) < 4.78 is 42.4. The Balaban J connectivity index is 1.45. The average Bonchev–Trinajstić information content (AvgIpc) is 3.55. The number of nitrogens with zero attached hydrogens (tertiary/aromatic N) is 7. The van der Waals surface area contributed by atoms with Crippen LogP contribution in [0, 0.1) is 6.92 Å². The number of carbonyl (C=O) groups is 1. The molecule has 3 heterocycles. The molecular formula is C27H22ClF3N8O3. The number of amides is 1. The normalized spacial score (nSPS) is 12.3. The molecule has 0 saturated carbocycles. The molecule has 0 aliphatic carbocycles. The lowest BCUT2D eigenvalue weighted by Crippen LogP contribution is -2.37. The minimum atomic E-state index is -4.95. The third kappa shape index (κ3) is 6.09. The SMILES string of the molecule is Cc1ccncc1NC(=O)c1ccccc1-n1cnc(Cn2nc(-c3ccc(Cl)cc3)n(C[C@H](O)C(F)(F)F)c2=O)n1. The number of aliphatic hydroxyl groups excluding tert-OH is 1. The Morgan fingerprint density at radius 1 is 1.10 bits per heavy atom. The molecule has 2 aromatic carbocycles. The summed E-state index contributed by atoms with van der Waals surface area (Å²) in [4.78, 5) is 34.5. The zero-order chi connectivity index (χ0) is 30.0. The van der Waals surface area contributed by atoms with E-state index >= 15 is 0 Å². The van der Waals surface area contributed by atoms with Crippen LogP contribution in [0.3, 0.4) is 0 Å². The molecule has 216 valence electrons. The summed E-state index contributed by atoms with van der Waals surface area (Å²) in [5.74, 6) is -0.421. The number of aryl methyl sites for hydroxylation is 1. The van der Waals surface area contributed by atoms with Crippen molar-refractivity contribution in [1.29, 1.82) is 0 Å². The molecule has 15 heteroatoms. The molecule has 11 nitrogen and oxygen atoms in total. The van der Waals surface area contributed by atoms with Crippen LogP contribution >= 0.6 is 11.6 Å². The smallest absolute Gasteiger partial charge is 0.382 e. The van der Waals surface area contributed by atoms with Crippen molar-refractivity contribution in [2.75, 3.05) is 5.32 Å². The van der Waals surface area contributed by atoms with Gasteiger partial charge in [0, 0.05) is 16.8 Å². The summed E-state index contributed by atoms with van der Waals surface area (Å²) in [7, 11) is 0. The van der Waals surface area contributed by atoms with Crippen molar-refractivity contribution in [2.24, 2.45) is 0 Å². The molecule has 0 aliphatic heterocycles. The minimum Gasteiger partial charge on any atom is -0.382 e. The number of benzene rings is 2. The van der Waals surface area contributed by atoms with Crippen LogP contribution in [0.1, 0.15) is 21.7 Å². The van der Waals surface area contributed by atoms with E-state index < -0.39 is 30.4 Å². The molecule has 0 unspecified atom stereocenters. The Kier molecular flexibility index (Phi) is 7.91. The van der Waals surface area contributed by atoms with E-state index in [4.69, 9.17) is 11.6 Å². The van der Waals surface area contributed by atoms with Crippen LogP contribution in [0.25, 0.3) is 17.1 Å². The Bertz CT molecular complexity index is 1800. The van der Waals surface area contributed by atoms with Crippen LogP contribution in [0.4, 0.5) is 18.9 Å². The Labute approximate surface area is 240 Å².